The van der Waals surface area contributed by atoms with Gasteiger partial charge in [0.15, 0.2) is 6.29 Å². The summed E-state index contributed by atoms with van der Waals surface area (Å²) in [5.41, 5.74) is 0.763. The molecule has 1 amide bonds. The molecular formula is C23H35NO8. The topological polar surface area (TPSA) is 135 Å². The Morgan fingerprint density at radius 1 is 1.19 bits per heavy atom. The van der Waals surface area contributed by atoms with Crippen molar-refractivity contribution < 1.29 is 39.1 Å². The van der Waals surface area contributed by atoms with Crippen LogP contribution in [0.15, 0.2) is 30.3 Å². The number of carbonyl (C=O) groups excluding carboxylic acids is 2. The van der Waals surface area contributed by atoms with Gasteiger partial charge in [-0.2, -0.15) is 0 Å². The second-order valence-corrected chi connectivity index (χ2v) is 8.09. The highest BCUT2D eigenvalue weighted by molar-refractivity contribution is 5.76. The number of esters is 1. The van der Waals surface area contributed by atoms with Gasteiger partial charge < -0.3 is 34.8 Å². The van der Waals surface area contributed by atoms with E-state index in [2.05, 4.69) is 5.32 Å². The van der Waals surface area contributed by atoms with Gasteiger partial charge in [-0.3, -0.25) is 9.59 Å². The molecule has 6 unspecified atom stereocenters. The van der Waals surface area contributed by atoms with Gasteiger partial charge in [0.25, 0.3) is 0 Å². The van der Waals surface area contributed by atoms with Gasteiger partial charge >= 0.3 is 5.97 Å². The minimum Gasteiger partial charge on any atom is -0.456 e. The van der Waals surface area contributed by atoms with Gasteiger partial charge in [0, 0.05) is 25.9 Å². The van der Waals surface area contributed by atoms with Crippen LogP contribution in [0.3, 0.4) is 0 Å². The highest BCUT2D eigenvalue weighted by atomic mass is 16.7. The highest BCUT2D eigenvalue weighted by Gasteiger charge is 2.35. The summed E-state index contributed by atoms with van der Waals surface area (Å²) in [7, 11) is 0. The zero-order chi connectivity index (χ0) is 23.5. The van der Waals surface area contributed by atoms with E-state index in [9.17, 15) is 19.8 Å². The molecule has 9 heteroatoms. The van der Waals surface area contributed by atoms with Crippen LogP contribution in [-0.4, -0.2) is 71.1 Å². The van der Waals surface area contributed by atoms with Crippen LogP contribution in [0, 0.1) is 0 Å². The van der Waals surface area contributed by atoms with Gasteiger partial charge in [-0.25, -0.2) is 0 Å². The number of aliphatic hydroxyl groups is 3. The van der Waals surface area contributed by atoms with E-state index in [1.165, 1.54) is 0 Å². The molecule has 0 aromatic heterocycles. The summed E-state index contributed by atoms with van der Waals surface area (Å²) < 4.78 is 16.8. The van der Waals surface area contributed by atoms with E-state index in [1.54, 1.807) is 13.8 Å². The Bertz CT molecular complexity index is 700. The molecule has 4 N–H and O–H groups in total. The van der Waals surface area contributed by atoms with E-state index in [4.69, 9.17) is 19.3 Å². The van der Waals surface area contributed by atoms with Crippen molar-refractivity contribution in [2.45, 2.75) is 82.8 Å². The molecule has 0 spiro atoms. The number of nitrogens with one attached hydrogen (secondary N) is 1. The summed E-state index contributed by atoms with van der Waals surface area (Å²) in [6, 6.07) is 9.14. The van der Waals surface area contributed by atoms with Gasteiger partial charge in [0.1, 0.15) is 12.2 Å². The van der Waals surface area contributed by atoms with Gasteiger partial charge in [-0.1, -0.05) is 30.3 Å². The van der Waals surface area contributed by atoms with E-state index >= 15 is 0 Å². The Balaban J connectivity index is 1.83. The van der Waals surface area contributed by atoms with Crippen molar-refractivity contribution in [1.82, 2.24) is 5.32 Å². The number of hydrogen-bond donors (Lipinski definition) is 4. The van der Waals surface area contributed by atoms with Crippen LogP contribution < -0.4 is 5.32 Å². The number of hydrogen-bond acceptors (Lipinski definition) is 8. The fourth-order valence-corrected chi connectivity index (χ4v) is 3.33. The van der Waals surface area contributed by atoms with Crippen molar-refractivity contribution in [3.63, 3.8) is 0 Å². The van der Waals surface area contributed by atoms with Crippen LogP contribution in [0.4, 0.5) is 0 Å². The first-order chi connectivity index (χ1) is 15.3. The van der Waals surface area contributed by atoms with Crippen molar-refractivity contribution in [2.24, 2.45) is 0 Å². The number of rotatable bonds is 12. The fraction of sp³-hybridized carbons (Fsp3) is 0.652. The first-order valence-corrected chi connectivity index (χ1v) is 11.1. The molecule has 0 radical (unpaired) electrons. The van der Waals surface area contributed by atoms with E-state index in [-0.39, 0.29) is 44.4 Å². The quantitative estimate of drug-likeness (QED) is 0.347. The monoisotopic (exact) mass is 453 g/mol. The maximum absolute atomic E-state index is 12.5. The zero-order valence-electron chi connectivity index (χ0n) is 18.7. The zero-order valence-corrected chi connectivity index (χ0v) is 18.7. The van der Waals surface area contributed by atoms with Gasteiger partial charge in [-0.15, -0.1) is 0 Å². The summed E-state index contributed by atoms with van der Waals surface area (Å²) in [6.45, 7) is 3.55. The first kappa shape index (κ1) is 26.2. The Kier molecular flexibility index (Phi) is 11.1. The third-order valence-corrected chi connectivity index (χ3v) is 5.30. The third kappa shape index (κ3) is 8.84. The molecular weight excluding hydrogens is 418 g/mol. The standard InChI is InChI=1S/C23H35NO8/c1-15(30-23-19(27)13-18(26)16(2)31-23)10-11-22(29)32-20(17-7-4-3-5-8-17)14-24-21(28)9-6-12-25/h3-5,7-8,15-16,18-20,23,25-27H,6,9-14H2,1-2H3,(H,24,28). The van der Waals surface area contributed by atoms with Gasteiger partial charge in [-0.05, 0) is 32.3 Å². The number of ether oxygens (including phenoxy) is 3. The molecule has 9 nitrogen and oxygen atoms in total. The van der Waals surface area contributed by atoms with Crippen LogP contribution in [0.25, 0.3) is 0 Å². The Labute approximate surface area is 188 Å². The van der Waals surface area contributed by atoms with E-state index < -0.39 is 36.7 Å². The van der Waals surface area contributed by atoms with Gasteiger partial charge in [0.2, 0.25) is 5.91 Å². The van der Waals surface area contributed by atoms with Crippen molar-refractivity contribution in [3.8, 4) is 0 Å². The largest absolute Gasteiger partial charge is 0.456 e. The molecule has 6 atom stereocenters. The summed E-state index contributed by atoms with van der Waals surface area (Å²) in [5.74, 6) is -0.656. The maximum Gasteiger partial charge on any atom is 0.306 e. The second-order valence-electron chi connectivity index (χ2n) is 8.09. The average Bonchev–Trinajstić information content (AvgIpc) is 2.78. The van der Waals surface area contributed by atoms with Crippen LogP contribution in [0.5, 0.6) is 0 Å². The first-order valence-electron chi connectivity index (χ1n) is 11.1. The molecule has 1 fully saturated rings. The molecule has 0 aliphatic carbocycles. The Morgan fingerprint density at radius 3 is 2.59 bits per heavy atom. The van der Waals surface area contributed by atoms with Gasteiger partial charge in [0.05, 0.1) is 24.9 Å². The minimum absolute atomic E-state index is 0.0623. The van der Waals surface area contributed by atoms with Crippen LogP contribution in [0.2, 0.25) is 0 Å². The minimum atomic E-state index is -0.937. The molecule has 0 saturated carbocycles. The van der Waals surface area contributed by atoms with Crippen LogP contribution in [0.1, 0.15) is 57.6 Å². The lowest BCUT2D eigenvalue weighted by Crippen LogP contribution is -2.48. The molecule has 1 saturated heterocycles. The predicted molar refractivity (Wildman–Crippen MR) is 115 cm³/mol. The fourth-order valence-electron chi connectivity index (χ4n) is 3.33. The van der Waals surface area contributed by atoms with Crippen LogP contribution in [-0.2, 0) is 23.8 Å². The highest BCUT2D eigenvalue weighted by Crippen LogP contribution is 2.23. The normalized spacial score (nSPS) is 25.0. The summed E-state index contributed by atoms with van der Waals surface area (Å²) in [4.78, 5) is 24.3. The lowest BCUT2D eigenvalue weighted by molar-refractivity contribution is -0.273. The smallest absolute Gasteiger partial charge is 0.306 e. The number of aliphatic hydroxyl groups excluding tert-OH is 3. The third-order valence-electron chi connectivity index (χ3n) is 5.30. The Hall–Kier alpha value is -2.04. The Morgan fingerprint density at radius 2 is 1.91 bits per heavy atom. The van der Waals surface area contributed by atoms with Crippen LogP contribution >= 0.6 is 0 Å². The lowest BCUT2D eigenvalue weighted by Gasteiger charge is -2.36. The van der Waals surface area contributed by atoms with Crippen molar-refractivity contribution in [3.05, 3.63) is 35.9 Å². The van der Waals surface area contributed by atoms with E-state index in [1.807, 2.05) is 30.3 Å². The SMILES string of the molecule is CC(CCC(=O)OC(CNC(=O)CCCO)c1ccccc1)OC1OC(C)C(O)CC1O. The summed E-state index contributed by atoms with van der Waals surface area (Å²) in [5, 5.41) is 31.4. The summed E-state index contributed by atoms with van der Waals surface area (Å²) in [6.07, 6.45) is -2.81. The maximum atomic E-state index is 12.5. The summed E-state index contributed by atoms with van der Waals surface area (Å²) >= 11 is 0. The molecule has 1 heterocycles. The lowest BCUT2D eigenvalue weighted by atomic mass is 10.0. The van der Waals surface area contributed by atoms with E-state index in [0.29, 0.717) is 12.8 Å². The molecule has 32 heavy (non-hydrogen) atoms. The second kappa shape index (κ2) is 13.5. The average molecular weight is 454 g/mol. The molecule has 1 aromatic carbocycles. The predicted octanol–water partition coefficient (Wildman–Crippen LogP) is 1.20. The van der Waals surface area contributed by atoms with Crippen molar-refractivity contribution in [1.29, 1.82) is 0 Å². The molecule has 180 valence electrons. The molecule has 2 rings (SSSR count). The molecule has 0 bridgehead atoms. The number of benzene rings is 1. The molecule has 1 aliphatic rings. The number of carbonyl (C=O) groups is 2. The number of amides is 1. The molecule has 1 aromatic rings. The van der Waals surface area contributed by atoms with Crippen molar-refractivity contribution >= 4 is 11.9 Å². The van der Waals surface area contributed by atoms with Crippen molar-refractivity contribution in [2.75, 3.05) is 13.2 Å². The van der Waals surface area contributed by atoms with E-state index in [0.717, 1.165) is 5.56 Å². The molecule has 1 aliphatic heterocycles.